The van der Waals surface area contributed by atoms with Crippen molar-refractivity contribution in [2.24, 2.45) is 0 Å². The molecule has 0 aliphatic rings. The average Bonchev–Trinajstić information content (AvgIpc) is 2.92. The molecule has 0 fully saturated rings. The van der Waals surface area contributed by atoms with Gasteiger partial charge in [-0.1, -0.05) is 110 Å². The predicted molar refractivity (Wildman–Crippen MR) is 155 cm³/mol. The first-order valence-electron chi connectivity index (χ1n) is 14.9. The van der Waals surface area contributed by atoms with Crippen molar-refractivity contribution in [3.05, 3.63) is 17.7 Å². The first-order valence-corrected chi connectivity index (χ1v) is 16.4. The van der Waals surface area contributed by atoms with E-state index >= 15 is 0 Å². The van der Waals surface area contributed by atoms with Gasteiger partial charge in [-0.15, -0.1) is 0 Å². The molecule has 1 aromatic rings. The van der Waals surface area contributed by atoms with E-state index in [2.05, 4.69) is 6.92 Å². The van der Waals surface area contributed by atoms with Gasteiger partial charge in [0, 0.05) is 12.1 Å². The molecule has 39 heavy (non-hydrogen) atoms. The van der Waals surface area contributed by atoms with Crippen molar-refractivity contribution in [1.29, 1.82) is 5.26 Å². The summed E-state index contributed by atoms with van der Waals surface area (Å²) in [5.74, 6) is 0.993. The maximum Gasteiger partial charge on any atom is 0.469 e. The summed E-state index contributed by atoms with van der Waals surface area (Å²) in [5, 5.41) is 9.37. The van der Waals surface area contributed by atoms with Gasteiger partial charge in [0.1, 0.15) is 35.0 Å². The number of nitriles is 1. The van der Waals surface area contributed by atoms with E-state index in [-0.39, 0.29) is 12.2 Å². The lowest BCUT2D eigenvalue weighted by atomic mass is 10.0. The van der Waals surface area contributed by atoms with E-state index in [1.807, 2.05) is 6.07 Å². The van der Waals surface area contributed by atoms with Crippen LogP contribution in [-0.4, -0.2) is 36.7 Å². The second-order valence-electron chi connectivity index (χ2n) is 10.3. The van der Waals surface area contributed by atoms with Crippen molar-refractivity contribution < 1.29 is 33.1 Å². The van der Waals surface area contributed by atoms with Crippen LogP contribution < -0.4 is 14.2 Å². The molecule has 0 bridgehead atoms. The summed E-state index contributed by atoms with van der Waals surface area (Å²) < 4.78 is 32.5. The summed E-state index contributed by atoms with van der Waals surface area (Å²) in [7, 11) is -1.72. The lowest BCUT2D eigenvalue weighted by Crippen LogP contribution is -2.22. The fourth-order valence-electron chi connectivity index (χ4n) is 4.71. The fourth-order valence-corrected chi connectivity index (χ4v) is 5.07. The van der Waals surface area contributed by atoms with Gasteiger partial charge < -0.3 is 24.0 Å². The molecule has 0 saturated heterocycles. The number of hydrogen-bond acceptors (Lipinski definition) is 6. The van der Waals surface area contributed by atoms with E-state index in [4.69, 9.17) is 28.5 Å². The minimum atomic E-state index is -4.62. The number of phosphoric ester groups is 1. The Morgan fingerprint density at radius 2 is 1.18 bits per heavy atom. The van der Waals surface area contributed by atoms with Crippen LogP contribution in [0.3, 0.4) is 0 Å². The highest BCUT2D eigenvalue weighted by Crippen LogP contribution is 2.37. The van der Waals surface area contributed by atoms with Crippen LogP contribution in [0, 0.1) is 11.3 Å². The van der Waals surface area contributed by atoms with Gasteiger partial charge in [0.05, 0.1) is 20.8 Å². The molecule has 2 N–H and O–H groups in total. The van der Waals surface area contributed by atoms with Gasteiger partial charge in [-0.05, 0) is 12.8 Å². The smallest absolute Gasteiger partial charge is 0.469 e. The Morgan fingerprint density at radius 1 is 0.769 bits per heavy atom. The van der Waals surface area contributed by atoms with Gasteiger partial charge in [0.25, 0.3) is 0 Å². The monoisotopic (exact) mass is 569 g/mol. The van der Waals surface area contributed by atoms with Crippen molar-refractivity contribution in [1.82, 2.24) is 0 Å². The van der Waals surface area contributed by atoms with E-state index in [1.165, 1.54) is 104 Å². The van der Waals surface area contributed by atoms with Crippen molar-refractivity contribution in [3.8, 4) is 23.3 Å². The molecule has 8 nitrogen and oxygen atoms in total. The molecular weight excluding hydrogens is 517 g/mol. The summed E-state index contributed by atoms with van der Waals surface area (Å²) in [4.78, 5) is 18.3. The number of rotatable bonds is 25. The third-order valence-electron chi connectivity index (χ3n) is 6.95. The van der Waals surface area contributed by atoms with Crippen LogP contribution in [0.4, 0.5) is 0 Å². The SMILES string of the molecule is CCCCCCCCCCCCCCCCCCC[C@H](COP(=O)(O)O)Oc1cc(OC)c(C#N)c(OC)c1. The van der Waals surface area contributed by atoms with Crippen molar-refractivity contribution in [2.75, 3.05) is 20.8 Å². The number of methoxy groups -OCH3 is 2. The van der Waals surface area contributed by atoms with Crippen LogP contribution in [0.25, 0.3) is 0 Å². The molecule has 0 saturated carbocycles. The molecular formula is C30H52NO7P. The van der Waals surface area contributed by atoms with E-state index < -0.39 is 13.9 Å². The summed E-state index contributed by atoms with van der Waals surface area (Å²) in [6.45, 7) is 2.02. The Balaban J connectivity index is 2.28. The highest BCUT2D eigenvalue weighted by molar-refractivity contribution is 7.46. The normalized spacial score (nSPS) is 12.2. The Kier molecular flexibility index (Phi) is 19.9. The summed E-state index contributed by atoms with van der Waals surface area (Å²) in [5.41, 5.74) is 0.253. The van der Waals surface area contributed by atoms with Gasteiger partial charge in [-0.2, -0.15) is 5.26 Å². The van der Waals surface area contributed by atoms with Gasteiger partial charge in [0.15, 0.2) is 0 Å². The van der Waals surface area contributed by atoms with Gasteiger partial charge in [-0.25, -0.2) is 4.57 Å². The van der Waals surface area contributed by atoms with E-state index in [1.54, 1.807) is 12.1 Å². The Morgan fingerprint density at radius 3 is 1.54 bits per heavy atom. The van der Waals surface area contributed by atoms with E-state index in [0.29, 0.717) is 23.7 Å². The standard InChI is InChI=1S/C30H52NO7P/c1-4-5-6-7-8-9-10-11-12-13-14-15-16-17-18-19-20-21-26(25-37-39(32,33)34)38-27-22-29(35-2)28(24-31)30(23-27)36-3/h22-23,26H,4-21,25H2,1-3H3,(H2,32,33,34)/t26-/m1/s1. The molecule has 0 heterocycles. The third kappa shape index (κ3) is 17.5. The summed E-state index contributed by atoms with van der Waals surface area (Å²) in [6, 6.07) is 5.18. The van der Waals surface area contributed by atoms with E-state index in [0.717, 1.165) is 19.3 Å². The molecule has 1 atom stereocenters. The molecule has 224 valence electrons. The number of phosphoric acid groups is 1. The number of benzene rings is 1. The molecule has 1 aromatic carbocycles. The maximum atomic E-state index is 11.2. The van der Waals surface area contributed by atoms with Gasteiger partial charge in [0.2, 0.25) is 0 Å². The second kappa shape index (κ2) is 22.0. The van der Waals surface area contributed by atoms with Crippen LogP contribution in [0.5, 0.6) is 17.2 Å². The molecule has 9 heteroatoms. The van der Waals surface area contributed by atoms with Crippen molar-refractivity contribution in [2.45, 2.75) is 129 Å². The van der Waals surface area contributed by atoms with Crippen molar-refractivity contribution in [3.63, 3.8) is 0 Å². The summed E-state index contributed by atoms with van der Waals surface area (Å²) in [6.07, 6.45) is 21.9. The zero-order valence-corrected chi connectivity index (χ0v) is 25.4. The molecule has 0 unspecified atom stereocenters. The topological polar surface area (TPSA) is 118 Å². The quantitative estimate of drug-likeness (QED) is 0.0889. The highest BCUT2D eigenvalue weighted by Gasteiger charge is 2.21. The lowest BCUT2D eigenvalue weighted by Gasteiger charge is -2.21. The molecule has 0 amide bonds. The number of nitrogens with zero attached hydrogens (tertiary/aromatic N) is 1. The van der Waals surface area contributed by atoms with Crippen LogP contribution >= 0.6 is 7.82 Å². The fraction of sp³-hybridized carbons (Fsp3) is 0.767. The number of hydrogen-bond donors (Lipinski definition) is 2. The minimum Gasteiger partial charge on any atom is -0.495 e. The first-order chi connectivity index (χ1) is 18.8. The average molecular weight is 570 g/mol. The van der Waals surface area contributed by atoms with E-state index in [9.17, 15) is 9.83 Å². The van der Waals surface area contributed by atoms with Crippen LogP contribution in [0.2, 0.25) is 0 Å². The molecule has 1 rings (SSSR count). The molecule has 0 spiro atoms. The Hall–Kier alpha value is -1.78. The zero-order valence-electron chi connectivity index (χ0n) is 24.5. The Bertz CT molecular complexity index is 827. The number of unbranched alkanes of at least 4 members (excludes halogenated alkanes) is 16. The van der Waals surface area contributed by atoms with Gasteiger partial charge >= 0.3 is 7.82 Å². The lowest BCUT2D eigenvalue weighted by molar-refractivity contribution is 0.0937. The van der Waals surface area contributed by atoms with Crippen molar-refractivity contribution >= 4 is 7.82 Å². The largest absolute Gasteiger partial charge is 0.495 e. The molecule has 0 aliphatic carbocycles. The second-order valence-corrected chi connectivity index (χ2v) is 11.5. The highest BCUT2D eigenvalue weighted by atomic mass is 31.2. The van der Waals surface area contributed by atoms with Gasteiger partial charge in [-0.3, -0.25) is 4.52 Å². The summed E-state index contributed by atoms with van der Waals surface area (Å²) >= 11 is 0. The molecule has 0 aromatic heterocycles. The first kappa shape index (κ1) is 35.2. The third-order valence-corrected chi connectivity index (χ3v) is 7.44. The van der Waals surface area contributed by atoms with Crippen LogP contribution in [-0.2, 0) is 9.09 Å². The van der Waals surface area contributed by atoms with Crippen LogP contribution in [0.1, 0.15) is 128 Å². The van der Waals surface area contributed by atoms with Crippen LogP contribution in [0.15, 0.2) is 12.1 Å². The maximum absolute atomic E-state index is 11.2. The Labute approximate surface area is 236 Å². The number of ether oxygens (including phenoxy) is 3. The minimum absolute atomic E-state index is 0.242. The molecule has 0 aliphatic heterocycles. The molecule has 0 radical (unpaired) electrons. The predicted octanol–water partition coefficient (Wildman–Crippen LogP) is 8.47. The zero-order chi connectivity index (χ0) is 28.8.